The summed E-state index contributed by atoms with van der Waals surface area (Å²) >= 11 is 0. The Morgan fingerprint density at radius 2 is 1.75 bits per heavy atom. The average Bonchev–Trinajstić information content (AvgIpc) is 2.46. The molecular formula is C16H14O4. The van der Waals surface area contributed by atoms with Crippen molar-refractivity contribution in [3.8, 4) is 16.9 Å². The summed E-state index contributed by atoms with van der Waals surface area (Å²) in [7, 11) is 1.43. The predicted molar refractivity (Wildman–Crippen MR) is 75.4 cm³/mol. The molecule has 0 fully saturated rings. The molecule has 0 unspecified atom stereocenters. The Balaban J connectivity index is 2.50. The van der Waals surface area contributed by atoms with Crippen molar-refractivity contribution in [1.29, 1.82) is 0 Å². The van der Waals surface area contributed by atoms with Gasteiger partial charge in [0.2, 0.25) is 0 Å². The van der Waals surface area contributed by atoms with Gasteiger partial charge >= 0.3 is 5.97 Å². The fourth-order valence-corrected chi connectivity index (χ4v) is 1.97. The van der Waals surface area contributed by atoms with Gasteiger partial charge in [0.25, 0.3) is 0 Å². The van der Waals surface area contributed by atoms with Gasteiger partial charge in [-0.1, -0.05) is 24.3 Å². The second-order valence-corrected chi connectivity index (χ2v) is 4.36. The smallest absolute Gasteiger partial charge is 0.339 e. The molecule has 0 heterocycles. The largest absolute Gasteiger partial charge is 0.496 e. The number of aromatic carboxylic acids is 1. The van der Waals surface area contributed by atoms with Crippen molar-refractivity contribution in [3.63, 3.8) is 0 Å². The van der Waals surface area contributed by atoms with Crippen molar-refractivity contribution in [2.75, 3.05) is 7.11 Å². The molecule has 0 amide bonds. The molecule has 0 aliphatic heterocycles. The average molecular weight is 270 g/mol. The molecule has 0 aromatic heterocycles. The third-order valence-electron chi connectivity index (χ3n) is 3.03. The van der Waals surface area contributed by atoms with Crippen molar-refractivity contribution in [2.24, 2.45) is 0 Å². The Hall–Kier alpha value is -2.62. The number of ether oxygens (including phenoxy) is 1. The molecule has 0 saturated carbocycles. The van der Waals surface area contributed by atoms with E-state index in [1.807, 2.05) is 6.07 Å². The second kappa shape index (κ2) is 5.57. The van der Waals surface area contributed by atoms with E-state index in [0.717, 1.165) is 11.1 Å². The van der Waals surface area contributed by atoms with Crippen molar-refractivity contribution in [3.05, 3.63) is 53.6 Å². The number of carbonyl (C=O) groups excluding carboxylic acids is 1. The fraction of sp³-hybridized carbons (Fsp3) is 0.125. The first kappa shape index (κ1) is 13.8. The Labute approximate surface area is 116 Å². The monoisotopic (exact) mass is 270 g/mol. The zero-order valence-electron chi connectivity index (χ0n) is 11.2. The van der Waals surface area contributed by atoms with Gasteiger partial charge in [-0.2, -0.15) is 0 Å². The SMILES string of the molecule is COc1cc(-c2cccc(C(C)=O)c2)ccc1C(=O)O. The maximum Gasteiger partial charge on any atom is 0.339 e. The lowest BCUT2D eigenvalue weighted by atomic mass is 10.00. The van der Waals surface area contributed by atoms with Gasteiger partial charge in [-0.3, -0.25) is 4.79 Å². The van der Waals surface area contributed by atoms with E-state index < -0.39 is 5.97 Å². The quantitative estimate of drug-likeness (QED) is 0.866. The van der Waals surface area contributed by atoms with Gasteiger partial charge in [-0.15, -0.1) is 0 Å². The fourth-order valence-electron chi connectivity index (χ4n) is 1.97. The molecule has 4 heteroatoms. The number of carboxylic acid groups (broad SMARTS) is 1. The van der Waals surface area contributed by atoms with Crippen molar-refractivity contribution < 1.29 is 19.4 Å². The lowest BCUT2D eigenvalue weighted by molar-refractivity contribution is 0.0693. The highest BCUT2D eigenvalue weighted by molar-refractivity contribution is 5.95. The zero-order valence-corrected chi connectivity index (χ0v) is 11.2. The number of rotatable bonds is 4. The van der Waals surface area contributed by atoms with Crippen LogP contribution >= 0.6 is 0 Å². The van der Waals surface area contributed by atoms with Gasteiger partial charge < -0.3 is 9.84 Å². The zero-order chi connectivity index (χ0) is 14.7. The minimum absolute atomic E-state index is 0.0130. The van der Waals surface area contributed by atoms with E-state index >= 15 is 0 Å². The van der Waals surface area contributed by atoms with Gasteiger partial charge in [0.15, 0.2) is 5.78 Å². The molecule has 0 aliphatic rings. The maximum atomic E-state index is 11.4. The molecule has 0 bridgehead atoms. The molecule has 0 radical (unpaired) electrons. The number of methoxy groups -OCH3 is 1. The minimum atomic E-state index is -1.04. The van der Waals surface area contributed by atoms with Crippen LogP contribution in [0.2, 0.25) is 0 Å². The molecule has 1 N–H and O–H groups in total. The molecule has 4 nitrogen and oxygen atoms in total. The molecule has 2 rings (SSSR count). The normalized spacial score (nSPS) is 10.1. The summed E-state index contributed by atoms with van der Waals surface area (Å²) in [5.74, 6) is -0.755. The van der Waals surface area contributed by atoms with Crippen molar-refractivity contribution in [1.82, 2.24) is 0 Å². The number of Topliss-reactive ketones (excluding diaryl/α,β-unsaturated/α-hetero) is 1. The summed E-state index contributed by atoms with van der Waals surface area (Å²) < 4.78 is 5.10. The predicted octanol–water partition coefficient (Wildman–Crippen LogP) is 3.26. The number of benzene rings is 2. The highest BCUT2D eigenvalue weighted by atomic mass is 16.5. The Morgan fingerprint density at radius 3 is 2.35 bits per heavy atom. The molecule has 0 spiro atoms. The lowest BCUT2D eigenvalue weighted by Crippen LogP contribution is -2.00. The summed E-state index contributed by atoms with van der Waals surface area (Å²) in [6.07, 6.45) is 0. The summed E-state index contributed by atoms with van der Waals surface area (Å²) in [4.78, 5) is 22.4. The number of carbonyl (C=O) groups is 2. The Kier molecular flexibility index (Phi) is 3.84. The molecule has 0 atom stereocenters. The number of hydrogen-bond acceptors (Lipinski definition) is 3. The molecule has 2 aromatic rings. The van der Waals surface area contributed by atoms with E-state index in [1.54, 1.807) is 30.3 Å². The van der Waals surface area contributed by atoms with Crippen LogP contribution in [0.15, 0.2) is 42.5 Å². The third kappa shape index (κ3) is 2.69. The lowest BCUT2D eigenvalue weighted by Gasteiger charge is -2.09. The van der Waals surface area contributed by atoms with Gasteiger partial charge in [0, 0.05) is 5.56 Å². The molecule has 0 saturated heterocycles. The summed E-state index contributed by atoms with van der Waals surface area (Å²) in [5.41, 5.74) is 2.37. The Bertz CT molecular complexity index is 674. The number of ketones is 1. The summed E-state index contributed by atoms with van der Waals surface area (Å²) in [6, 6.07) is 12.0. The van der Waals surface area contributed by atoms with E-state index in [0.29, 0.717) is 11.3 Å². The summed E-state index contributed by atoms with van der Waals surface area (Å²) in [6.45, 7) is 1.51. The Morgan fingerprint density at radius 1 is 1.05 bits per heavy atom. The first-order valence-electron chi connectivity index (χ1n) is 6.05. The second-order valence-electron chi connectivity index (χ2n) is 4.36. The van der Waals surface area contributed by atoms with Crippen LogP contribution in [0.4, 0.5) is 0 Å². The van der Waals surface area contributed by atoms with Crippen LogP contribution in [0, 0.1) is 0 Å². The molecule has 0 aliphatic carbocycles. The highest BCUT2D eigenvalue weighted by Gasteiger charge is 2.12. The van der Waals surface area contributed by atoms with Gasteiger partial charge in [-0.05, 0) is 36.2 Å². The third-order valence-corrected chi connectivity index (χ3v) is 3.03. The van der Waals surface area contributed by atoms with Gasteiger partial charge in [-0.25, -0.2) is 4.79 Å². The molecule has 2 aromatic carbocycles. The van der Waals surface area contributed by atoms with E-state index in [4.69, 9.17) is 9.84 Å². The van der Waals surface area contributed by atoms with E-state index in [9.17, 15) is 9.59 Å². The first-order chi connectivity index (χ1) is 9.52. The van der Waals surface area contributed by atoms with Crippen LogP contribution in [0.25, 0.3) is 11.1 Å². The van der Waals surface area contributed by atoms with Crippen molar-refractivity contribution in [2.45, 2.75) is 6.92 Å². The van der Waals surface area contributed by atoms with Crippen LogP contribution in [0.3, 0.4) is 0 Å². The van der Waals surface area contributed by atoms with E-state index in [2.05, 4.69) is 0 Å². The maximum absolute atomic E-state index is 11.4. The van der Waals surface area contributed by atoms with E-state index in [-0.39, 0.29) is 11.3 Å². The van der Waals surface area contributed by atoms with Crippen LogP contribution in [-0.4, -0.2) is 24.0 Å². The summed E-state index contributed by atoms with van der Waals surface area (Å²) in [5, 5.41) is 9.05. The van der Waals surface area contributed by atoms with Crippen LogP contribution in [0.1, 0.15) is 27.6 Å². The topological polar surface area (TPSA) is 63.6 Å². The molecule has 20 heavy (non-hydrogen) atoms. The number of carboxylic acids is 1. The van der Waals surface area contributed by atoms with Crippen LogP contribution in [-0.2, 0) is 0 Å². The van der Waals surface area contributed by atoms with Crippen molar-refractivity contribution >= 4 is 11.8 Å². The first-order valence-corrected chi connectivity index (χ1v) is 6.05. The van der Waals surface area contributed by atoms with E-state index in [1.165, 1.54) is 20.1 Å². The van der Waals surface area contributed by atoms with Crippen LogP contribution in [0.5, 0.6) is 5.75 Å². The van der Waals surface area contributed by atoms with Crippen LogP contribution < -0.4 is 4.74 Å². The molecule has 102 valence electrons. The highest BCUT2D eigenvalue weighted by Crippen LogP contribution is 2.28. The van der Waals surface area contributed by atoms with Gasteiger partial charge in [0.1, 0.15) is 11.3 Å². The standard InChI is InChI=1S/C16H14O4/c1-10(17)11-4-3-5-12(8-11)13-6-7-14(16(18)19)15(9-13)20-2/h3-9H,1-2H3,(H,18,19). The minimum Gasteiger partial charge on any atom is -0.496 e. The number of hydrogen-bond donors (Lipinski definition) is 1. The molecular weight excluding hydrogens is 256 g/mol. The van der Waals surface area contributed by atoms with Gasteiger partial charge in [0.05, 0.1) is 7.11 Å².